The van der Waals surface area contributed by atoms with Crippen molar-refractivity contribution in [3.63, 3.8) is 0 Å². The molecule has 7 nitrogen and oxygen atoms in total. The minimum Gasteiger partial charge on any atom is -0.444 e. The summed E-state index contributed by atoms with van der Waals surface area (Å²) in [6, 6.07) is 0.0950. The molecule has 0 aromatic heterocycles. The fourth-order valence-corrected chi connectivity index (χ4v) is 2.64. The highest BCUT2D eigenvalue weighted by atomic mass is 16.7. The molecule has 0 aromatic rings. The van der Waals surface area contributed by atoms with E-state index in [1.165, 1.54) is 0 Å². The third-order valence-electron chi connectivity index (χ3n) is 3.89. The third-order valence-corrected chi connectivity index (χ3v) is 3.89. The van der Waals surface area contributed by atoms with Crippen LogP contribution in [0.5, 0.6) is 0 Å². The molecule has 1 saturated heterocycles. The molecule has 1 aliphatic heterocycles. The number of hydrogen-bond acceptors (Lipinski definition) is 6. The Balaban J connectivity index is 2.17. The van der Waals surface area contributed by atoms with Crippen LogP contribution in [0.1, 0.15) is 40.5 Å². The molecule has 0 spiro atoms. The van der Waals surface area contributed by atoms with Crippen molar-refractivity contribution in [2.75, 3.05) is 40.5 Å². The van der Waals surface area contributed by atoms with E-state index in [4.69, 9.17) is 18.9 Å². The Kier molecular flexibility index (Phi) is 8.97. The van der Waals surface area contributed by atoms with Gasteiger partial charge in [0.15, 0.2) is 6.29 Å². The lowest BCUT2D eigenvalue weighted by Gasteiger charge is -2.33. The molecule has 0 aromatic carbocycles. The minimum atomic E-state index is -0.449. The van der Waals surface area contributed by atoms with Crippen molar-refractivity contribution in [1.82, 2.24) is 10.2 Å². The van der Waals surface area contributed by atoms with Crippen LogP contribution in [0.4, 0.5) is 4.79 Å². The van der Waals surface area contributed by atoms with Crippen molar-refractivity contribution < 1.29 is 23.7 Å². The van der Waals surface area contributed by atoms with Crippen LogP contribution < -0.4 is 5.32 Å². The average molecular weight is 346 g/mol. The molecule has 1 atom stereocenters. The van der Waals surface area contributed by atoms with E-state index < -0.39 is 5.60 Å². The molecule has 0 saturated carbocycles. The van der Waals surface area contributed by atoms with Crippen molar-refractivity contribution in [3.05, 3.63) is 0 Å². The van der Waals surface area contributed by atoms with Gasteiger partial charge in [-0.25, -0.2) is 4.79 Å². The van der Waals surface area contributed by atoms with Crippen LogP contribution in [-0.2, 0) is 18.9 Å². The van der Waals surface area contributed by atoms with Crippen LogP contribution in [-0.4, -0.2) is 75.5 Å². The zero-order valence-electron chi connectivity index (χ0n) is 16.0. The molecule has 7 heteroatoms. The van der Waals surface area contributed by atoms with Crippen LogP contribution in [0.25, 0.3) is 0 Å². The van der Waals surface area contributed by atoms with E-state index in [1.807, 2.05) is 27.7 Å². The second-order valence-electron chi connectivity index (χ2n) is 7.12. The zero-order valence-corrected chi connectivity index (χ0v) is 16.0. The van der Waals surface area contributed by atoms with Gasteiger partial charge in [-0.15, -0.1) is 0 Å². The summed E-state index contributed by atoms with van der Waals surface area (Å²) < 4.78 is 21.7. The molecule has 1 amide bonds. The Hall–Kier alpha value is -0.890. The average Bonchev–Trinajstić information content (AvgIpc) is 2.51. The molecule has 24 heavy (non-hydrogen) atoms. The molecule has 1 N–H and O–H groups in total. The van der Waals surface area contributed by atoms with Gasteiger partial charge in [0.25, 0.3) is 0 Å². The molecular formula is C17H34N2O5. The second-order valence-corrected chi connectivity index (χ2v) is 7.12. The Morgan fingerprint density at radius 1 is 1.21 bits per heavy atom. The molecule has 142 valence electrons. The summed E-state index contributed by atoms with van der Waals surface area (Å²) in [5.41, 5.74) is -0.449. The van der Waals surface area contributed by atoms with Gasteiger partial charge in [0.2, 0.25) is 0 Å². The van der Waals surface area contributed by atoms with Gasteiger partial charge in [-0.05, 0) is 40.5 Å². The van der Waals surface area contributed by atoms with Gasteiger partial charge >= 0.3 is 6.09 Å². The van der Waals surface area contributed by atoms with E-state index in [2.05, 4.69) is 5.32 Å². The van der Waals surface area contributed by atoms with Gasteiger partial charge in [0, 0.05) is 33.9 Å². The second kappa shape index (κ2) is 10.2. The summed E-state index contributed by atoms with van der Waals surface area (Å²) in [5.74, 6) is 0. The smallest absolute Gasteiger partial charge is 0.410 e. The van der Waals surface area contributed by atoms with E-state index in [0.717, 1.165) is 19.4 Å². The minimum absolute atomic E-state index is 0.0950. The lowest BCUT2D eigenvalue weighted by molar-refractivity contribution is -0.120. The monoisotopic (exact) mass is 346 g/mol. The SMILES string of the molecule is COC(OC)C(C)NCCOC1CCN(C(=O)OC(C)(C)C)CC1. The maximum atomic E-state index is 12.0. The van der Waals surface area contributed by atoms with Crippen LogP contribution in [0, 0.1) is 0 Å². The van der Waals surface area contributed by atoms with Crippen LogP contribution >= 0.6 is 0 Å². The lowest BCUT2D eigenvalue weighted by atomic mass is 10.1. The van der Waals surface area contributed by atoms with Gasteiger partial charge in [-0.2, -0.15) is 0 Å². The molecule has 1 unspecified atom stereocenters. The van der Waals surface area contributed by atoms with E-state index in [-0.39, 0.29) is 24.5 Å². The van der Waals surface area contributed by atoms with Gasteiger partial charge in [0.1, 0.15) is 5.60 Å². The predicted octanol–water partition coefficient (Wildman–Crippen LogP) is 2.00. The lowest BCUT2D eigenvalue weighted by Crippen LogP contribution is -2.44. The number of amides is 1. The Morgan fingerprint density at radius 3 is 2.29 bits per heavy atom. The summed E-state index contributed by atoms with van der Waals surface area (Å²) in [7, 11) is 3.25. The normalized spacial score (nSPS) is 18.0. The van der Waals surface area contributed by atoms with Gasteiger partial charge in [-0.1, -0.05) is 0 Å². The van der Waals surface area contributed by atoms with E-state index in [0.29, 0.717) is 19.7 Å². The largest absolute Gasteiger partial charge is 0.444 e. The Morgan fingerprint density at radius 2 is 1.79 bits per heavy atom. The molecule has 0 radical (unpaired) electrons. The highest BCUT2D eigenvalue weighted by Gasteiger charge is 2.27. The third kappa shape index (κ3) is 7.79. The van der Waals surface area contributed by atoms with Gasteiger partial charge < -0.3 is 29.2 Å². The predicted molar refractivity (Wildman–Crippen MR) is 92.1 cm³/mol. The first-order valence-corrected chi connectivity index (χ1v) is 8.65. The standard InChI is InChI=1S/C17H34N2O5/c1-13(15(21-5)22-6)18-9-12-23-14-7-10-19(11-8-14)16(20)24-17(2,3)4/h13-15,18H,7-12H2,1-6H3. The summed E-state index contributed by atoms with van der Waals surface area (Å²) in [5, 5.41) is 3.32. The molecular weight excluding hydrogens is 312 g/mol. The summed E-state index contributed by atoms with van der Waals surface area (Å²) in [4.78, 5) is 13.8. The molecule has 1 fully saturated rings. The molecule has 1 heterocycles. The quantitative estimate of drug-likeness (QED) is 0.535. The van der Waals surface area contributed by atoms with Crippen molar-refractivity contribution in [2.24, 2.45) is 0 Å². The Bertz CT molecular complexity index is 360. The van der Waals surface area contributed by atoms with E-state index in [9.17, 15) is 4.79 Å². The first-order valence-electron chi connectivity index (χ1n) is 8.65. The summed E-state index contributed by atoms with van der Waals surface area (Å²) >= 11 is 0. The zero-order chi connectivity index (χ0) is 18.2. The van der Waals surface area contributed by atoms with Crippen molar-refractivity contribution in [2.45, 2.75) is 64.6 Å². The number of ether oxygens (including phenoxy) is 4. The number of likely N-dealkylation sites (tertiary alicyclic amines) is 1. The van der Waals surface area contributed by atoms with E-state index in [1.54, 1.807) is 19.1 Å². The number of nitrogens with zero attached hydrogens (tertiary/aromatic N) is 1. The first kappa shape index (κ1) is 21.2. The van der Waals surface area contributed by atoms with Crippen LogP contribution in [0.3, 0.4) is 0 Å². The fraction of sp³-hybridized carbons (Fsp3) is 0.941. The van der Waals surface area contributed by atoms with Crippen LogP contribution in [0.2, 0.25) is 0 Å². The maximum Gasteiger partial charge on any atom is 0.410 e. The maximum absolute atomic E-state index is 12.0. The van der Waals surface area contributed by atoms with Gasteiger partial charge in [-0.3, -0.25) is 0 Å². The highest BCUT2D eigenvalue weighted by Crippen LogP contribution is 2.17. The van der Waals surface area contributed by atoms with Crippen molar-refractivity contribution in [1.29, 1.82) is 0 Å². The fourth-order valence-electron chi connectivity index (χ4n) is 2.64. The first-order chi connectivity index (χ1) is 11.3. The summed E-state index contributed by atoms with van der Waals surface area (Å²) in [6.45, 7) is 10.4. The molecule has 0 aliphatic carbocycles. The van der Waals surface area contributed by atoms with Gasteiger partial charge in [0.05, 0.1) is 18.8 Å². The number of rotatable bonds is 8. The van der Waals surface area contributed by atoms with Crippen molar-refractivity contribution in [3.8, 4) is 0 Å². The topological polar surface area (TPSA) is 69.3 Å². The van der Waals surface area contributed by atoms with Crippen LogP contribution in [0.15, 0.2) is 0 Å². The number of piperidine rings is 1. The number of hydrogen-bond donors (Lipinski definition) is 1. The molecule has 0 bridgehead atoms. The molecule has 1 aliphatic rings. The summed E-state index contributed by atoms with van der Waals surface area (Å²) in [6.07, 6.45) is 1.38. The number of methoxy groups -OCH3 is 2. The van der Waals surface area contributed by atoms with Crippen molar-refractivity contribution >= 4 is 6.09 Å². The van der Waals surface area contributed by atoms with E-state index >= 15 is 0 Å². The number of carbonyl (C=O) groups is 1. The molecule has 1 rings (SSSR count). The Labute approximate surface area is 145 Å². The number of carbonyl (C=O) groups excluding carboxylic acids is 1. The highest BCUT2D eigenvalue weighted by molar-refractivity contribution is 5.68. The number of nitrogens with one attached hydrogen (secondary N) is 1.